The maximum atomic E-state index is 9.22. The maximum Gasteiger partial charge on any atom is 0.205 e. The van der Waals surface area contributed by atoms with Gasteiger partial charge in [0, 0.05) is 12.0 Å². The second-order valence-electron chi connectivity index (χ2n) is 8.25. The van der Waals surface area contributed by atoms with Gasteiger partial charge in [0.1, 0.15) is 11.8 Å². The molecule has 4 aliphatic carbocycles. The highest BCUT2D eigenvalue weighted by atomic mass is 16.5. The van der Waals surface area contributed by atoms with Gasteiger partial charge in [0.2, 0.25) is 5.88 Å². The Morgan fingerprint density at radius 2 is 1.74 bits per heavy atom. The Morgan fingerprint density at radius 3 is 2.35 bits per heavy atom. The van der Waals surface area contributed by atoms with Gasteiger partial charge in [0.05, 0.1) is 5.57 Å². The maximum absolute atomic E-state index is 9.22. The number of benzene rings is 1. The molecule has 4 bridgehead atoms. The zero-order chi connectivity index (χ0) is 15.6. The van der Waals surface area contributed by atoms with E-state index in [1.54, 1.807) is 0 Å². The van der Waals surface area contributed by atoms with E-state index in [2.05, 4.69) is 24.3 Å². The molecule has 0 unspecified atom stereocenters. The smallest absolute Gasteiger partial charge is 0.205 e. The first-order valence-corrected chi connectivity index (χ1v) is 8.85. The summed E-state index contributed by atoms with van der Waals surface area (Å²) in [4.78, 5) is 0. The average molecular weight is 306 g/mol. The van der Waals surface area contributed by atoms with Crippen molar-refractivity contribution in [2.24, 2.45) is 23.5 Å². The van der Waals surface area contributed by atoms with E-state index in [0.717, 1.165) is 29.1 Å². The molecular formula is C20H22N2O. The summed E-state index contributed by atoms with van der Waals surface area (Å²) in [5.41, 5.74) is 9.38. The third kappa shape index (κ3) is 1.94. The highest BCUT2D eigenvalue weighted by Crippen LogP contribution is 2.61. The molecule has 0 spiro atoms. The predicted octanol–water partition coefficient (Wildman–Crippen LogP) is 3.78. The lowest BCUT2D eigenvalue weighted by molar-refractivity contribution is -0.00523. The Labute approximate surface area is 137 Å². The van der Waals surface area contributed by atoms with Crippen LogP contribution < -0.4 is 10.5 Å². The first kappa shape index (κ1) is 13.5. The van der Waals surface area contributed by atoms with Crippen molar-refractivity contribution in [2.45, 2.75) is 50.4 Å². The highest BCUT2D eigenvalue weighted by Gasteiger charge is 2.51. The van der Waals surface area contributed by atoms with E-state index < -0.39 is 0 Å². The Hall–Kier alpha value is -1.95. The molecule has 118 valence electrons. The van der Waals surface area contributed by atoms with Crippen molar-refractivity contribution in [3.8, 4) is 11.8 Å². The van der Waals surface area contributed by atoms with Crippen molar-refractivity contribution in [1.29, 1.82) is 5.26 Å². The van der Waals surface area contributed by atoms with E-state index in [9.17, 15) is 5.26 Å². The van der Waals surface area contributed by atoms with E-state index in [1.807, 2.05) is 0 Å². The third-order valence-corrected chi connectivity index (χ3v) is 6.73. The molecule has 5 aliphatic rings. The van der Waals surface area contributed by atoms with Gasteiger partial charge in [0.15, 0.2) is 0 Å². The minimum Gasteiger partial charge on any atom is -0.440 e. The Bertz CT molecular complexity index is 720. The standard InChI is InChI=1S/C20H22N2O/c21-11-16-6-15-7-17(1-2-18(15)23-19(16)22)20-8-12-3-13(9-20)5-14(4-12)10-20/h1-2,7,12-14H,3-6,8-10,22H2. The fraction of sp³-hybridized carbons (Fsp3) is 0.550. The van der Waals surface area contributed by atoms with E-state index in [1.165, 1.54) is 44.1 Å². The van der Waals surface area contributed by atoms with Crippen LogP contribution in [0.1, 0.15) is 49.7 Å². The molecule has 1 aromatic rings. The molecule has 4 saturated carbocycles. The Morgan fingerprint density at radius 1 is 1.09 bits per heavy atom. The van der Waals surface area contributed by atoms with Gasteiger partial charge in [-0.1, -0.05) is 12.1 Å². The SMILES string of the molecule is N#CC1=C(N)Oc2ccc(C34CC5CC(CC(C5)C3)C4)cc2C1. The second kappa shape index (κ2) is 4.54. The summed E-state index contributed by atoms with van der Waals surface area (Å²) in [6.07, 6.45) is 9.09. The zero-order valence-corrected chi connectivity index (χ0v) is 13.3. The van der Waals surface area contributed by atoms with Crippen molar-refractivity contribution in [3.05, 3.63) is 40.8 Å². The first-order chi connectivity index (χ1) is 11.1. The van der Waals surface area contributed by atoms with Crippen molar-refractivity contribution in [3.63, 3.8) is 0 Å². The number of allylic oxidation sites excluding steroid dienone is 1. The summed E-state index contributed by atoms with van der Waals surface area (Å²) in [5, 5.41) is 9.22. The molecule has 0 amide bonds. The van der Waals surface area contributed by atoms with Crippen LogP contribution in [-0.4, -0.2) is 0 Å². The number of fused-ring (bicyclic) bond motifs is 1. The lowest BCUT2D eigenvalue weighted by Gasteiger charge is -2.57. The van der Waals surface area contributed by atoms with E-state index in [4.69, 9.17) is 10.5 Å². The molecule has 23 heavy (non-hydrogen) atoms. The minimum atomic E-state index is 0.266. The number of hydrogen-bond acceptors (Lipinski definition) is 3. The fourth-order valence-corrected chi connectivity index (χ4v) is 6.16. The van der Waals surface area contributed by atoms with Crippen LogP contribution in [0.5, 0.6) is 5.75 Å². The molecule has 6 rings (SSSR count). The molecule has 1 aromatic carbocycles. The lowest BCUT2D eigenvalue weighted by Crippen LogP contribution is -2.48. The highest BCUT2D eigenvalue weighted by molar-refractivity contribution is 5.48. The second-order valence-corrected chi connectivity index (χ2v) is 8.25. The van der Waals surface area contributed by atoms with Gasteiger partial charge >= 0.3 is 0 Å². The van der Waals surface area contributed by atoms with Gasteiger partial charge < -0.3 is 10.5 Å². The molecule has 0 saturated heterocycles. The van der Waals surface area contributed by atoms with Crippen molar-refractivity contribution < 1.29 is 4.74 Å². The number of nitrogens with zero attached hydrogens (tertiary/aromatic N) is 1. The first-order valence-electron chi connectivity index (χ1n) is 8.85. The Kier molecular flexibility index (Phi) is 2.66. The van der Waals surface area contributed by atoms with Crippen LogP contribution in [0, 0.1) is 29.1 Å². The van der Waals surface area contributed by atoms with Crippen molar-refractivity contribution >= 4 is 0 Å². The molecule has 0 atom stereocenters. The van der Waals surface area contributed by atoms with Crippen LogP contribution in [0.4, 0.5) is 0 Å². The van der Waals surface area contributed by atoms with Crippen LogP contribution in [0.15, 0.2) is 29.7 Å². The molecule has 0 radical (unpaired) electrons. The van der Waals surface area contributed by atoms with E-state index >= 15 is 0 Å². The normalized spacial score (nSPS) is 37.3. The average Bonchev–Trinajstić information content (AvgIpc) is 2.52. The monoisotopic (exact) mass is 306 g/mol. The number of rotatable bonds is 1. The number of ether oxygens (including phenoxy) is 1. The van der Waals surface area contributed by atoms with Gasteiger partial charge in [-0.05, 0) is 73.3 Å². The summed E-state index contributed by atoms with van der Waals surface area (Å²) in [7, 11) is 0. The quantitative estimate of drug-likeness (QED) is 0.859. The molecule has 3 heteroatoms. The van der Waals surface area contributed by atoms with Crippen molar-refractivity contribution in [2.75, 3.05) is 0 Å². The predicted molar refractivity (Wildman–Crippen MR) is 87.5 cm³/mol. The topological polar surface area (TPSA) is 59.0 Å². The summed E-state index contributed by atoms with van der Waals surface area (Å²) < 4.78 is 5.64. The molecule has 2 N–H and O–H groups in total. The summed E-state index contributed by atoms with van der Waals surface area (Å²) in [5.74, 6) is 3.92. The number of nitriles is 1. The van der Waals surface area contributed by atoms with E-state index in [0.29, 0.717) is 17.4 Å². The largest absolute Gasteiger partial charge is 0.440 e. The van der Waals surface area contributed by atoms with Crippen LogP contribution >= 0.6 is 0 Å². The molecule has 4 fully saturated rings. The van der Waals surface area contributed by atoms with Crippen LogP contribution in [0.25, 0.3) is 0 Å². The Balaban J connectivity index is 1.53. The van der Waals surface area contributed by atoms with Gasteiger partial charge in [-0.3, -0.25) is 0 Å². The van der Waals surface area contributed by atoms with Gasteiger partial charge in [-0.25, -0.2) is 0 Å². The summed E-state index contributed by atoms with van der Waals surface area (Å²) in [6, 6.07) is 8.83. The zero-order valence-electron chi connectivity index (χ0n) is 13.3. The fourth-order valence-electron chi connectivity index (χ4n) is 6.16. The molecule has 1 heterocycles. The minimum absolute atomic E-state index is 0.266. The molecular weight excluding hydrogens is 284 g/mol. The van der Waals surface area contributed by atoms with Gasteiger partial charge in [-0.15, -0.1) is 0 Å². The van der Waals surface area contributed by atoms with Gasteiger partial charge in [0.25, 0.3) is 0 Å². The molecule has 1 aliphatic heterocycles. The summed E-state index contributed by atoms with van der Waals surface area (Å²) in [6.45, 7) is 0. The van der Waals surface area contributed by atoms with Gasteiger partial charge in [-0.2, -0.15) is 5.26 Å². The lowest BCUT2D eigenvalue weighted by atomic mass is 9.48. The summed E-state index contributed by atoms with van der Waals surface area (Å²) >= 11 is 0. The third-order valence-electron chi connectivity index (χ3n) is 6.73. The van der Waals surface area contributed by atoms with E-state index in [-0.39, 0.29) is 5.88 Å². The number of hydrogen-bond donors (Lipinski definition) is 1. The van der Waals surface area contributed by atoms with Crippen LogP contribution in [0.2, 0.25) is 0 Å². The molecule has 3 nitrogen and oxygen atoms in total. The number of nitrogens with two attached hydrogens (primary N) is 1. The molecule has 0 aromatic heterocycles. The van der Waals surface area contributed by atoms with Crippen LogP contribution in [-0.2, 0) is 11.8 Å². The van der Waals surface area contributed by atoms with Crippen LogP contribution in [0.3, 0.4) is 0 Å². The van der Waals surface area contributed by atoms with Crippen molar-refractivity contribution in [1.82, 2.24) is 0 Å².